The summed E-state index contributed by atoms with van der Waals surface area (Å²) in [5.74, 6) is -0.149. The Hall–Kier alpha value is -2.48. The van der Waals surface area contributed by atoms with Gasteiger partial charge in [0.1, 0.15) is 0 Å². The van der Waals surface area contributed by atoms with Gasteiger partial charge in [0.2, 0.25) is 5.91 Å². The van der Waals surface area contributed by atoms with Gasteiger partial charge in [-0.25, -0.2) is 0 Å². The fourth-order valence-corrected chi connectivity index (χ4v) is 3.84. The molecule has 0 saturated carbocycles. The number of rotatable bonds is 4. The van der Waals surface area contributed by atoms with Crippen molar-refractivity contribution in [2.75, 3.05) is 31.9 Å². The Morgan fingerprint density at radius 3 is 2.21 bits per heavy atom. The van der Waals surface area contributed by atoms with E-state index >= 15 is 0 Å². The highest BCUT2D eigenvalue weighted by atomic mass is 32.2. The fourth-order valence-electron chi connectivity index (χ4n) is 3.04. The van der Waals surface area contributed by atoms with Crippen molar-refractivity contribution in [2.45, 2.75) is 18.0 Å². The standard InChI is InChI=1S/C21H21F3N2O2S/c1-15-5-7-18(8-6-15)29-14-19(27)25-9-11-26(12-10-25)20(28)16-3-2-4-17(13-16)21(22,23)24/h2-8,13H,9-12,14H2,1H3. The molecule has 154 valence electrons. The molecule has 1 fully saturated rings. The molecule has 4 nitrogen and oxygen atoms in total. The quantitative estimate of drug-likeness (QED) is 0.697. The second-order valence-corrected chi connectivity index (χ2v) is 7.90. The van der Waals surface area contributed by atoms with Crippen LogP contribution in [0.3, 0.4) is 0 Å². The van der Waals surface area contributed by atoms with Crippen molar-refractivity contribution in [1.29, 1.82) is 0 Å². The van der Waals surface area contributed by atoms with E-state index in [9.17, 15) is 22.8 Å². The van der Waals surface area contributed by atoms with E-state index in [4.69, 9.17) is 0 Å². The molecule has 0 spiro atoms. The molecule has 2 aromatic carbocycles. The number of amides is 2. The predicted octanol–water partition coefficient (Wildman–Crippen LogP) is 4.09. The van der Waals surface area contributed by atoms with E-state index in [1.165, 1.54) is 28.8 Å². The highest BCUT2D eigenvalue weighted by molar-refractivity contribution is 8.00. The lowest BCUT2D eigenvalue weighted by molar-refractivity contribution is -0.137. The summed E-state index contributed by atoms with van der Waals surface area (Å²) in [6.07, 6.45) is -4.49. The minimum atomic E-state index is -4.49. The number of carbonyl (C=O) groups excluding carboxylic acids is 2. The summed E-state index contributed by atoms with van der Waals surface area (Å²) < 4.78 is 38.6. The van der Waals surface area contributed by atoms with E-state index < -0.39 is 17.6 Å². The molecule has 1 heterocycles. The Kier molecular flexibility index (Phi) is 6.52. The number of alkyl halides is 3. The topological polar surface area (TPSA) is 40.6 Å². The van der Waals surface area contributed by atoms with Crippen LogP contribution in [0.1, 0.15) is 21.5 Å². The van der Waals surface area contributed by atoms with Gasteiger partial charge in [-0.15, -0.1) is 11.8 Å². The van der Waals surface area contributed by atoms with Crippen molar-refractivity contribution >= 4 is 23.6 Å². The van der Waals surface area contributed by atoms with Gasteiger partial charge >= 0.3 is 6.18 Å². The maximum absolute atomic E-state index is 12.9. The minimum Gasteiger partial charge on any atom is -0.338 e. The zero-order chi connectivity index (χ0) is 21.0. The van der Waals surface area contributed by atoms with E-state index in [2.05, 4.69) is 0 Å². The summed E-state index contributed by atoms with van der Waals surface area (Å²) in [4.78, 5) is 29.2. The molecule has 0 radical (unpaired) electrons. The van der Waals surface area contributed by atoms with Gasteiger partial charge in [0, 0.05) is 36.6 Å². The van der Waals surface area contributed by atoms with Gasteiger partial charge in [-0.1, -0.05) is 23.8 Å². The zero-order valence-electron chi connectivity index (χ0n) is 15.9. The Morgan fingerprint density at radius 1 is 0.966 bits per heavy atom. The van der Waals surface area contributed by atoms with Crippen LogP contribution in [-0.2, 0) is 11.0 Å². The molecule has 1 saturated heterocycles. The molecule has 0 unspecified atom stereocenters. The van der Waals surface area contributed by atoms with Crippen LogP contribution in [0.15, 0.2) is 53.4 Å². The van der Waals surface area contributed by atoms with Gasteiger partial charge in [-0.3, -0.25) is 9.59 Å². The maximum Gasteiger partial charge on any atom is 0.416 e. The maximum atomic E-state index is 12.9. The third-order valence-electron chi connectivity index (χ3n) is 4.74. The van der Waals surface area contributed by atoms with Crippen molar-refractivity contribution in [3.8, 4) is 0 Å². The first-order chi connectivity index (χ1) is 13.7. The van der Waals surface area contributed by atoms with Gasteiger partial charge in [0.25, 0.3) is 5.91 Å². The van der Waals surface area contributed by atoms with E-state index in [0.29, 0.717) is 31.9 Å². The summed E-state index contributed by atoms with van der Waals surface area (Å²) in [6, 6.07) is 12.4. The Labute approximate surface area is 171 Å². The summed E-state index contributed by atoms with van der Waals surface area (Å²) in [5.41, 5.74) is 0.321. The molecule has 2 amide bonds. The van der Waals surface area contributed by atoms with Crippen LogP contribution >= 0.6 is 11.8 Å². The molecule has 0 aliphatic carbocycles. The molecular weight excluding hydrogens is 401 g/mol. The Balaban J connectivity index is 1.52. The lowest BCUT2D eigenvalue weighted by Gasteiger charge is -2.35. The first kappa shape index (κ1) is 21.2. The monoisotopic (exact) mass is 422 g/mol. The van der Waals surface area contributed by atoms with Crippen LogP contribution in [0.2, 0.25) is 0 Å². The van der Waals surface area contributed by atoms with E-state index in [1.807, 2.05) is 31.2 Å². The second-order valence-electron chi connectivity index (χ2n) is 6.85. The van der Waals surface area contributed by atoms with Crippen molar-refractivity contribution in [3.05, 3.63) is 65.2 Å². The van der Waals surface area contributed by atoms with Crippen LogP contribution in [0.4, 0.5) is 13.2 Å². The Morgan fingerprint density at radius 2 is 1.59 bits per heavy atom. The molecule has 29 heavy (non-hydrogen) atoms. The number of benzene rings is 2. The van der Waals surface area contributed by atoms with Gasteiger partial charge in [-0.2, -0.15) is 13.2 Å². The highest BCUT2D eigenvalue weighted by Gasteiger charge is 2.32. The van der Waals surface area contributed by atoms with Crippen molar-refractivity contribution < 1.29 is 22.8 Å². The first-order valence-electron chi connectivity index (χ1n) is 9.18. The molecular formula is C21H21F3N2O2S. The molecule has 0 aromatic heterocycles. The van der Waals surface area contributed by atoms with Crippen LogP contribution in [-0.4, -0.2) is 53.5 Å². The summed E-state index contributed by atoms with van der Waals surface area (Å²) in [6.45, 7) is 3.35. The molecule has 3 rings (SSSR count). The zero-order valence-corrected chi connectivity index (χ0v) is 16.7. The van der Waals surface area contributed by atoms with Crippen molar-refractivity contribution in [3.63, 3.8) is 0 Å². The number of hydrogen-bond acceptors (Lipinski definition) is 3. The van der Waals surface area contributed by atoms with E-state index in [1.54, 1.807) is 4.90 Å². The fraction of sp³-hybridized carbons (Fsp3) is 0.333. The predicted molar refractivity (Wildman–Crippen MR) is 106 cm³/mol. The van der Waals surface area contributed by atoms with Crippen LogP contribution in [0.25, 0.3) is 0 Å². The minimum absolute atomic E-state index is 0.00882. The number of aryl methyl sites for hydroxylation is 1. The smallest absolute Gasteiger partial charge is 0.338 e. The van der Waals surface area contributed by atoms with Gasteiger partial charge < -0.3 is 9.80 Å². The lowest BCUT2D eigenvalue weighted by Crippen LogP contribution is -2.51. The SMILES string of the molecule is Cc1ccc(SCC(=O)N2CCN(C(=O)c3cccc(C(F)(F)F)c3)CC2)cc1. The first-order valence-corrected chi connectivity index (χ1v) is 10.2. The van der Waals surface area contributed by atoms with E-state index in [0.717, 1.165) is 22.6 Å². The molecule has 0 bridgehead atoms. The number of nitrogens with zero attached hydrogens (tertiary/aromatic N) is 2. The number of halogens is 3. The largest absolute Gasteiger partial charge is 0.416 e. The molecule has 8 heteroatoms. The lowest BCUT2D eigenvalue weighted by atomic mass is 10.1. The number of piperazine rings is 1. The third-order valence-corrected chi connectivity index (χ3v) is 5.74. The van der Waals surface area contributed by atoms with Gasteiger partial charge in [-0.05, 0) is 37.3 Å². The normalized spacial score (nSPS) is 14.8. The van der Waals surface area contributed by atoms with Crippen LogP contribution < -0.4 is 0 Å². The highest BCUT2D eigenvalue weighted by Crippen LogP contribution is 2.30. The molecule has 0 atom stereocenters. The third kappa shape index (κ3) is 5.53. The average molecular weight is 422 g/mol. The number of thioether (sulfide) groups is 1. The number of carbonyl (C=O) groups is 2. The molecule has 0 N–H and O–H groups in total. The molecule has 1 aliphatic rings. The van der Waals surface area contributed by atoms with Crippen LogP contribution in [0.5, 0.6) is 0 Å². The molecule has 1 aliphatic heterocycles. The second kappa shape index (κ2) is 8.90. The average Bonchev–Trinajstić information content (AvgIpc) is 2.72. The number of hydrogen-bond donors (Lipinski definition) is 0. The van der Waals surface area contributed by atoms with Gasteiger partial charge in [0.05, 0.1) is 11.3 Å². The van der Waals surface area contributed by atoms with Crippen LogP contribution in [0, 0.1) is 6.92 Å². The van der Waals surface area contributed by atoms with Crippen molar-refractivity contribution in [1.82, 2.24) is 9.80 Å². The van der Waals surface area contributed by atoms with E-state index in [-0.39, 0.29) is 11.5 Å². The Bertz CT molecular complexity index is 876. The summed E-state index contributed by atoms with van der Waals surface area (Å²) in [5, 5.41) is 0. The summed E-state index contributed by atoms with van der Waals surface area (Å²) >= 11 is 1.46. The van der Waals surface area contributed by atoms with Crippen molar-refractivity contribution in [2.24, 2.45) is 0 Å². The molecule has 2 aromatic rings. The summed E-state index contributed by atoms with van der Waals surface area (Å²) in [7, 11) is 0. The van der Waals surface area contributed by atoms with Gasteiger partial charge in [0.15, 0.2) is 0 Å².